The molecular weight excluding hydrogens is 444 g/mol. The number of nitrogens with zero attached hydrogens (tertiary/aromatic N) is 6. The van der Waals surface area contributed by atoms with Gasteiger partial charge in [0.15, 0.2) is 11.5 Å². The summed E-state index contributed by atoms with van der Waals surface area (Å²) in [5, 5.41) is 11.8. The van der Waals surface area contributed by atoms with Crippen LogP contribution in [-0.4, -0.2) is 41.7 Å². The van der Waals surface area contributed by atoms with Gasteiger partial charge < -0.3 is 11.1 Å². The molecule has 0 spiro atoms. The molecule has 4 aromatic heterocycles. The maximum Gasteiger partial charge on any atom is 0.284 e. The lowest BCUT2D eigenvalue weighted by atomic mass is 10.3. The lowest BCUT2D eigenvalue weighted by Crippen LogP contribution is -2.26. The van der Waals surface area contributed by atoms with E-state index >= 15 is 0 Å². The Labute approximate surface area is 193 Å². The molecule has 11 heteroatoms. The van der Waals surface area contributed by atoms with E-state index in [-0.39, 0.29) is 5.56 Å². The van der Waals surface area contributed by atoms with Crippen LogP contribution >= 0.6 is 11.6 Å². The Hall–Kier alpha value is -4.18. The number of aromatic nitrogens is 6. The highest BCUT2D eigenvalue weighted by atomic mass is 35.5. The monoisotopic (exact) mass is 464 g/mol. The van der Waals surface area contributed by atoms with Crippen LogP contribution in [0, 0.1) is 0 Å². The molecule has 168 valence electrons. The number of rotatable bonds is 4. The largest absolute Gasteiger partial charge is 0.371 e. The molecule has 0 radical (unpaired) electrons. The molecule has 0 aliphatic rings. The van der Waals surface area contributed by atoms with Gasteiger partial charge in [0.1, 0.15) is 16.9 Å². The van der Waals surface area contributed by atoms with Crippen molar-refractivity contribution in [2.75, 3.05) is 12.4 Å². The van der Waals surface area contributed by atoms with Gasteiger partial charge in [-0.3, -0.25) is 14.2 Å². The number of carbonyl (C=O) groups excluding carboxylic acids is 1. The SMILES string of the molecule is CCc1nn2ccc(Cl)c2c(=O)n1-c1ccccc1.CNc1nn2cccnc2c1C(N)=O. The fourth-order valence-electron chi connectivity index (χ4n) is 3.44. The molecule has 1 amide bonds. The molecule has 0 aliphatic heterocycles. The lowest BCUT2D eigenvalue weighted by molar-refractivity contribution is 0.100. The number of anilines is 1. The van der Waals surface area contributed by atoms with E-state index in [1.165, 1.54) is 4.52 Å². The normalized spacial score (nSPS) is 10.8. The summed E-state index contributed by atoms with van der Waals surface area (Å²) in [5.74, 6) is 0.607. The van der Waals surface area contributed by atoms with E-state index in [0.717, 1.165) is 5.69 Å². The number of amides is 1. The summed E-state index contributed by atoms with van der Waals surface area (Å²) < 4.78 is 4.66. The van der Waals surface area contributed by atoms with Gasteiger partial charge in [0.2, 0.25) is 0 Å². The predicted octanol–water partition coefficient (Wildman–Crippen LogP) is 2.57. The van der Waals surface area contributed by atoms with Crippen molar-refractivity contribution in [3.63, 3.8) is 0 Å². The Morgan fingerprint density at radius 3 is 2.52 bits per heavy atom. The average molecular weight is 465 g/mol. The van der Waals surface area contributed by atoms with Crippen molar-refractivity contribution in [2.45, 2.75) is 13.3 Å². The molecule has 0 bridgehead atoms. The Bertz CT molecular complexity index is 1500. The smallest absolute Gasteiger partial charge is 0.284 e. The fourth-order valence-corrected chi connectivity index (χ4v) is 3.66. The first kappa shape index (κ1) is 22.0. The summed E-state index contributed by atoms with van der Waals surface area (Å²) >= 11 is 6.06. The van der Waals surface area contributed by atoms with E-state index < -0.39 is 5.91 Å². The number of halogens is 1. The molecule has 5 aromatic rings. The number of para-hydroxylation sites is 1. The number of nitrogens with one attached hydrogen (secondary N) is 1. The van der Waals surface area contributed by atoms with Crippen LogP contribution in [0.15, 0.2) is 65.8 Å². The third-order valence-electron chi connectivity index (χ3n) is 4.91. The minimum atomic E-state index is -0.539. The molecule has 4 heterocycles. The number of hydrogen-bond donors (Lipinski definition) is 2. The first-order valence-corrected chi connectivity index (χ1v) is 10.5. The van der Waals surface area contributed by atoms with Crippen LogP contribution in [0.2, 0.25) is 5.02 Å². The first-order valence-electron chi connectivity index (χ1n) is 10.1. The van der Waals surface area contributed by atoms with Gasteiger partial charge in [0, 0.05) is 32.1 Å². The Morgan fingerprint density at radius 1 is 1.09 bits per heavy atom. The summed E-state index contributed by atoms with van der Waals surface area (Å²) in [6.45, 7) is 1.97. The number of benzene rings is 1. The highest BCUT2D eigenvalue weighted by Crippen LogP contribution is 2.17. The van der Waals surface area contributed by atoms with Crippen molar-refractivity contribution in [1.82, 2.24) is 28.8 Å². The summed E-state index contributed by atoms with van der Waals surface area (Å²) in [7, 11) is 1.67. The maximum atomic E-state index is 12.6. The Morgan fingerprint density at radius 2 is 1.85 bits per heavy atom. The standard InChI is InChI=1S/C14H12ClN3O.C8H9N5O/c1-2-12-16-17-9-8-11(15)13(17)14(19)18(12)10-6-4-3-5-7-10;1-10-7-5(6(9)14)8-11-3-2-4-13(8)12-7/h3-9H,2H2,1H3;2-4H,1H3,(H2,9,14)(H,10,12). The van der Waals surface area contributed by atoms with Gasteiger partial charge in [-0.2, -0.15) is 5.10 Å². The molecule has 5 rings (SSSR count). The van der Waals surface area contributed by atoms with Crippen molar-refractivity contribution in [1.29, 1.82) is 0 Å². The molecule has 10 nitrogen and oxygen atoms in total. The molecule has 0 fully saturated rings. The minimum Gasteiger partial charge on any atom is -0.371 e. The van der Waals surface area contributed by atoms with E-state index in [1.54, 1.807) is 46.9 Å². The summed E-state index contributed by atoms with van der Waals surface area (Å²) in [5.41, 5.74) is 7.07. The lowest BCUT2D eigenvalue weighted by Gasteiger charge is -2.11. The molecular formula is C22H21ClN8O2. The highest BCUT2D eigenvalue weighted by Gasteiger charge is 2.17. The van der Waals surface area contributed by atoms with Crippen molar-refractivity contribution in [3.8, 4) is 5.69 Å². The second-order valence-corrected chi connectivity index (χ2v) is 7.34. The summed E-state index contributed by atoms with van der Waals surface area (Å²) in [6.07, 6.45) is 5.65. The molecule has 0 saturated heterocycles. The van der Waals surface area contributed by atoms with Gasteiger partial charge in [-0.1, -0.05) is 36.7 Å². The van der Waals surface area contributed by atoms with Crippen LogP contribution in [0.4, 0.5) is 5.82 Å². The van der Waals surface area contributed by atoms with Crippen molar-refractivity contribution >= 4 is 34.5 Å². The van der Waals surface area contributed by atoms with Gasteiger partial charge in [-0.15, -0.1) is 5.10 Å². The number of primary amides is 1. The first-order chi connectivity index (χ1) is 16.0. The molecule has 1 aromatic carbocycles. The number of nitrogens with two attached hydrogens (primary N) is 1. The van der Waals surface area contributed by atoms with Gasteiger partial charge in [-0.05, 0) is 24.3 Å². The quantitative estimate of drug-likeness (QED) is 0.421. The number of carbonyl (C=O) groups is 1. The second-order valence-electron chi connectivity index (χ2n) is 6.93. The highest BCUT2D eigenvalue weighted by molar-refractivity contribution is 6.33. The molecule has 0 unspecified atom stereocenters. The van der Waals surface area contributed by atoms with E-state index in [1.807, 2.05) is 37.3 Å². The van der Waals surface area contributed by atoms with Crippen LogP contribution in [-0.2, 0) is 6.42 Å². The van der Waals surface area contributed by atoms with Crippen LogP contribution in [0.3, 0.4) is 0 Å². The molecule has 0 atom stereocenters. The molecule has 3 N–H and O–H groups in total. The van der Waals surface area contributed by atoms with Gasteiger partial charge >= 0.3 is 0 Å². The van der Waals surface area contributed by atoms with Crippen molar-refractivity contribution < 1.29 is 4.79 Å². The van der Waals surface area contributed by atoms with Crippen LogP contribution in [0.25, 0.3) is 16.9 Å². The average Bonchev–Trinajstić information content (AvgIpc) is 3.40. The van der Waals surface area contributed by atoms with Crippen molar-refractivity contribution in [2.24, 2.45) is 5.73 Å². The van der Waals surface area contributed by atoms with Crippen LogP contribution in [0.5, 0.6) is 0 Å². The maximum absolute atomic E-state index is 12.6. The van der Waals surface area contributed by atoms with Crippen LogP contribution in [0.1, 0.15) is 23.1 Å². The zero-order valence-corrected chi connectivity index (χ0v) is 18.7. The van der Waals surface area contributed by atoms with E-state index in [2.05, 4.69) is 20.5 Å². The molecule has 33 heavy (non-hydrogen) atoms. The van der Waals surface area contributed by atoms with E-state index in [9.17, 15) is 9.59 Å². The third-order valence-corrected chi connectivity index (χ3v) is 5.22. The zero-order valence-electron chi connectivity index (χ0n) is 17.9. The molecule has 0 saturated carbocycles. The Kier molecular flexibility index (Phi) is 6.09. The number of aryl methyl sites for hydroxylation is 1. The summed E-state index contributed by atoms with van der Waals surface area (Å²) in [6, 6.07) is 12.9. The Balaban J connectivity index is 0.000000165. The van der Waals surface area contributed by atoms with Gasteiger partial charge in [-0.25, -0.2) is 14.0 Å². The van der Waals surface area contributed by atoms with Gasteiger partial charge in [0.25, 0.3) is 11.5 Å². The number of fused-ring (bicyclic) bond motifs is 2. The van der Waals surface area contributed by atoms with E-state index in [0.29, 0.717) is 39.8 Å². The predicted molar refractivity (Wildman–Crippen MR) is 126 cm³/mol. The van der Waals surface area contributed by atoms with Crippen LogP contribution < -0.4 is 16.6 Å². The topological polar surface area (TPSA) is 125 Å². The summed E-state index contributed by atoms with van der Waals surface area (Å²) in [4.78, 5) is 27.8. The van der Waals surface area contributed by atoms with Gasteiger partial charge in [0.05, 0.1) is 10.7 Å². The fraction of sp³-hybridized carbons (Fsp3) is 0.136. The number of hydrogen-bond acceptors (Lipinski definition) is 6. The zero-order chi connectivity index (χ0) is 23.5. The van der Waals surface area contributed by atoms with E-state index in [4.69, 9.17) is 17.3 Å². The second kappa shape index (κ2) is 9.13. The molecule has 0 aliphatic carbocycles. The van der Waals surface area contributed by atoms with Crippen molar-refractivity contribution in [3.05, 3.63) is 87.8 Å². The third kappa shape index (κ3) is 4.03. The minimum absolute atomic E-state index is 0.145.